The first-order valence-electron chi connectivity index (χ1n) is 10.9. The van der Waals surface area contributed by atoms with Gasteiger partial charge < -0.3 is 20.1 Å². The Labute approximate surface area is 170 Å². The predicted molar refractivity (Wildman–Crippen MR) is 104 cm³/mol. The zero-order valence-corrected chi connectivity index (χ0v) is 16.9. The van der Waals surface area contributed by atoms with Crippen molar-refractivity contribution in [2.45, 2.75) is 70.0 Å². The molecule has 1 aliphatic heterocycles. The van der Waals surface area contributed by atoms with Crippen molar-refractivity contribution >= 4 is 11.9 Å². The van der Waals surface area contributed by atoms with E-state index in [9.17, 15) is 24.9 Å². The Kier molecular flexibility index (Phi) is 4.11. The average Bonchev–Trinajstić information content (AvgIpc) is 3.23. The van der Waals surface area contributed by atoms with Gasteiger partial charge in [0, 0.05) is 12.5 Å². The molecule has 4 aliphatic carbocycles. The maximum absolute atomic E-state index is 12.6. The molecule has 0 aromatic rings. The van der Waals surface area contributed by atoms with E-state index in [1.165, 1.54) is 5.57 Å². The van der Waals surface area contributed by atoms with Crippen molar-refractivity contribution in [3.8, 4) is 0 Å². The molecule has 7 atom stereocenters. The number of hydrogen-bond acceptors (Lipinski definition) is 5. The lowest BCUT2D eigenvalue weighted by Crippen LogP contribution is -2.66. The number of aliphatic carboxylic acids is 1. The van der Waals surface area contributed by atoms with Gasteiger partial charge in [-0.05, 0) is 73.7 Å². The van der Waals surface area contributed by atoms with Crippen LogP contribution < -0.4 is 0 Å². The Balaban J connectivity index is 1.51. The summed E-state index contributed by atoms with van der Waals surface area (Å²) in [4.78, 5) is 24.2. The highest BCUT2D eigenvalue weighted by molar-refractivity contribution is 5.85. The molecule has 0 saturated heterocycles. The van der Waals surface area contributed by atoms with Gasteiger partial charge in [0.2, 0.25) is 0 Å². The van der Waals surface area contributed by atoms with Gasteiger partial charge in [0.25, 0.3) is 0 Å². The first kappa shape index (κ1) is 19.3. The Bertz CT molecular complexity index is 829. The fourth-order valence-corrected chi connectivity index (χ4v) is 7.82. The molecule has 3 saturated carbocycles. The molecule has 0 amide bonds. The van der Waals surface area contributed by atoms with Crippen molar-refractivity contribution in [3.05, 3.63) is 23.3 Å². The van der Waals surface area contributed by atoms with Crippen LogP contribution in [0.15, 0.2) is 23.3 Å². The molecule has 1 heterocycles. The van der Waals surface area contributed by atoms with E-state index in [2.05, 4.69) is 13.0 Å². The molecule has 6 heteroatoms. The molecule has 5 rings (SSSR count). The normalized spacial score (nSPS) is 48.7. The minimum Gasteiger partial charge on any atom is -0.481 e. The second-order valence-electron chi connectivity index (χ2n) is 10.2. The molecule has 5 aliphatic rings. The van der Waals surface area contributed by atoms with E-state index in [1.807, 2.05) is 0 Å². The van der Waals surface area contributed by atoms with Crippen molar-refractivity contribution < 1.29 is 29.6 Å². The molecule has 6 nitrogen and oxygen atoms in total. The zero-order chi connectivity index (χ0) is 20.6. The number of allylic oxidation sites excluding steroid dienone is 2. The summed E-state index contributed by atoms with van der Waals surface area (Å²) in [7, 11) is 0. The number of carbonyl (C=O) groups excluding carboxylic acids is 1. The van der Waals surface area contributed by atoms with Crippen molar-refractivity contribution in [1.29, 1.82) is 0 Å². The van der Waals surface area contributed by atoms with E-state index < -0.39 is 23.1 Å². The summed E-state index contributed by atoms with van der Waals surface area (Å²) in [6.07, 6.45) is 7.86. The topological polar surface area (TPSA) is 104 Å². The zero-order valence-electron chi connectivity index (χ0n) is 16.9. The highest BCUT2D eigenvalue weighted by atomic mass is 16.5. The lowest BCUT2D eigenvalue weighted by molar-refractivity contribution is -0.222. The van der Waals surface area contributed by atoms with E-state index in [-0.39, 0.29) is 35.6 Å². The van der Waals surface area contributed by atoms with Crippen LogP contribution in [0.5, 0.6) is 0 Å². The largest absolute Gasteiger partial charge is 0.481 e. The molecule has 0 bridgehead atoms. The van der Waals surface area contributed by atoms with Crippen LogP contribution in [0.2, 0.25) is 0 Å². The molecule has 0 radical (unpaired) electrons. The van der Waals surface area contributed by atoms with Gasteiger partial charge in [-0.15, -0.1) is 0 Å². The second-order valence-corrected chi connectivity index (χ2v) is 10.2. The number of cyclic esters (lactones) is 1. The minimum absolute atomic E-state index is 0.0791. The quantitative estimate of drug-likeness (QED) is 0.484. The van der Waals surface area contributed by atoms with Crippen molar-refractivity contribution in [2.24, 2.45) is 28.6 Å². The smallest absolute Gasteiger partial charge is 0.331 e. The molecule has 0 aromatic heterocycles. The van der Waals surface area contributed by atoms with Crippen LogP contribution in [0.25, 0.3) is 0 Å². The molecule has 3 fully saturated rings. The number of ether oxygens (including phenoxy) is 1. The number of aliphatic hydroxyl groups excluding tert-OH is 1. The number of carboxylic acids is 1. The molecule has 3 N–H and O–H groups in total. The van der Waals surface area contributed by atoms with Crippen LogP contribution in [0, 0.1) is 28.6 Å². The summed E-state index contributed by atoms with van der Waals surface area (Å²) in [5.74, 6) is -0.902. The number of carbonyl (C=O) groups is 2. The van der Waals surface area contributed by atoms with Crippen molar-refractivity contribution in [2.75, 3.05) is 6.61 Å². The number of hydrogen-bond donors (Lipinski definition) is 3. The average molecular weight is 402 g/mol. The lowest BCUT2D eigenvalue weighted by atomic mass is 9.43. The van der Waals surface area contributed by atoms with Gasteiger partial charge in [0.1, 0.15) is 6.61 Å². The fourth-order valence-electron chi connectivity index (χ4n) is 7.82. The molecule has 0 aromatic carbocycles. The van der Waals surface area contributed by atoms with E-state index in [1.54, 1.807) is 6.08 Å². The minimum atomic E-state index is -1.34. The maximum Gasteiger partial charge on any atom is 0.331 e. The van der Waals surface area contributed by atoms with Crippen LogP contribution in [-0.2, 0) is 14.3 Å². The van der Waals surface area contributed by atoms with Gasteiger partial charge in [-0.25, -0.2) is 4.79 Å². The number of fused-ring (bicyclic) bond motifs is 5. The lowest BCUT2D eigenvalue weighted by Gasteiger charge is -2.61. The van der Waals surface area contributed by atoms with E-state index >= 15 is 0 Å². The second kappa shape index (κ2) is 6.17. The highest BCUT2D eigenvalue weighted by Gasteiger charge is 2.68. The highest BCUT2D eigenvalue weighted by Crippen LogP contribution is 2.67. The number of aliphatic hydroxyl groups is 2. The number of rotatable bonds is 2. The first-order valence-corrected chi connectivity index (χ1v) is 10.9. The van der Waals surface area contributed by atoms with Crippen LogP contribution in [-0.4, -0.2) is 45.6 Å². The van der Waals surface area contributed by atoms with Gasteiger partial charge >= 0.3 is 11.9 Å². The van der Waals surface area contributed by atoms with Gasteiger partial charge in [0.15, 0.2) is 0 Å². The van der Waals surface area contributed by atoms with Gasteiger partial charge in [-0.1, -0.05) is 18.6 Å². The van der Waals surface area contributed by atoms with Crippen molar-refractivity contribution in [3.63, 3.8) is 0 Å². The molecule has 158 valence electrons. The van der Waals surface area contributed by atoms with Gasteiger partial charge in [0.05, 0.1) is 17.1 Å². The van der Waals surface area contributed by atoms with Crippen LogP contribution >= 0.6 is 0 Å². The van der Waals surface area contributed by atoms with Gasteiger partial charge in [-0.3, -0.25) is 4.79 Å². The summed E-state index contributed by atoms with van der Waals surface area (Å²) in [5.41, 5.74) is -0.208. The Hall–Kier alpha value is -1.66. The third kappa shape index (κ3) is 2.42. The third-order valence-corrected chi connectivity index (χ3v) is 9.15. The number of esters is 1. The Morgan fingerprint density at radius 3 is 2.69 bits per heavy atom. The fraction of sp³-hybridized carbons (Fsp3) is 0.739. The molecule has 0 spiro atoms. The number of carboxylic acid groups (broad SMARTS) is 1. The Morgan fingerprint density at radius 2 is 2.00 bits per heavy atom. The monoisotopic (exact) mass is 402 g/mol. The Morgan fingerprint density at radius 1 is 1.21 bits per heavy atom. The summed E-state index contributed by atoms with van der Waals surface area (Å²) >= 11 is 0. The summed E-state index contributed by atoms with van der Waals surface area (Å²) in [5, 5.41) is 32.0. The molecule has 29 heavy (non-hydrogen) atoms. The van der Waals surface area contributed by atoms with E-state index in [0.29, 0.717) is 25.9 Å². The molecular weight excluding hydrogens is 372 g/mol. The van der Waals surface area contributed by atoms with Crippen molar-refractivity contribution in [1.82, 2.24) is 0 Å². The standard InChI is InChI=1S/C23H30O6/c1-21-7-6-18-15(17(21)3-2-16(21)13-10-19(25)29-12-13)5-8-22(28)11-14(24)4-9-23(18,22)20(26)27/h3,10,14-16,18,24,28H,2,4-9,11-12H2,1H3,(H,26,27). The van der Waals surface area contributed by atoms with E-state index in [0.717, 1.165) is 31.3 Å². The summed E-state index contributed by atoms with van der Waals surface area (Å²) < 4.78 is 5.16. The van der Waals surface area contributed by atoms with Crippen LogP contribution in [0.1, 0.15) is 58.3 Å². The maximum atomic E-state index is 12.6. The molecule has 7 unspecified atom stereocenters. The predicted octanol–water partition coefficient (Wildman–Crippen LogP) is 2.59. The third-order valence-electron chi connectivity index (χ3n) is 9.15. The summed E-state index contributed by atoms with van der Waals surface area (Å²) in [6, 6.07) is 0. The SMILES string of the molecule is CC12CCC3C(CCC4(O)CC(O)CCC34C(=O)O)C1=CCC2C1=CC(=O)OC1. The molecular formula is C23H30O6. The first-order chi connectivity index (χ1) is 13.7. The van der Waals surface area contributed by atoms with Gasteiger partial charge in [-0.2, -0.15) is 0 Å². The van der Waals surface area contributed by atoms with Crippen LogP contribution in [0.4, 0.5) is 0 Å². The van der Waals surface area contributed by atoms with Crippen LogP contribution in [0.3, 0.4) is 0 Å². The van der Waals surface area contributed by atoms with E-state index in [4.69, 9.17) is 4.74 Å². The summed E-state index contributed by atoms with van der Waals surface area (Å²) in [6.45, 7) is 2.63.